The third-order valence-electron chi connectivity index (χ3n) is 2.51. The third kappa shape index (κ3) is 3.17. The maximum Gasteiger partial charge on any atom is 0.339 e. The molecule has 0 aliphatic carbocycles. The van der Waals surface area contributed by atoms with Crippen molar-refractivity contribution in [2.45, 2.75) is 5.16 Å². The summed E-state index contributed by atoms with van der Waals surface area (Å²) in [6.45, 7) is 0. The van der Waals surface area contributed by atoms with Crippen molar-refractivity contribution in [3.05, 3.63) is 40.8 Å². The molecule has 0 amide bonds. The molecule has 9 heteroatoms. The lowest BCUT2D eigenvalue weighted by molar-refractivity contribution is 0.0696. The Kier molecular flexibility index (Phi) is 3.93. The van der Waals surface area contributed by atoms with Crippen LogP contribution in [0.25, 0.3) is 11.3 Å². The zero-order chi connectivity index (χ0) is 15.8. The van der Waals surface area contributed by atoms with Gasteiger partial charge < -0.3 is 5.11 Å². The molecule has 2 rings (SSSR count). The first-order valence-corrected chi connectivity index (χ1v) is 7.73. The second-order valence-corrected chi connectivity index (χ2v) is 6.43. The van der Waals surface area contributed by atoms with Crippen molar-refractivity contribution in [3.63, 3.8) is 0 Å². The molecule has 2 aromatic rings. The maximum atomic E-state index is 13.1. The summed E-state index contributed by atoms with van der Waals surface area (Å²) in [4.78, 5) is 18.4. The highest BCUT2D eigenvalue weighted by molar-refractivity contribution is 7.90. The standard InChI is InChI=1S/C12H8ClFN2O4S/c1-21(19,20)12-15-5-8(11(17)18)10(16-12)7-3-2-6(14)4-9(7)13/h2-5H,1H3,(H,17,18). The molecule has 0 aliphatic heterocycles. The fourth-order valence-electron chi connectivity index (χ4n) is 1.59. The van der Waals surface area contributed by atoms with Crippen LogP contribution in [0.5, 0.6) is 0 Å². The molecule has 6 nitrogen and oxygen atoms in total. The van der Waals surface area contributed by atoms with E-state index in [1.807, 2.05) is 0 Å². The van der Waals surface area contributed by atoms with Gasteiger partial charge in [0.25, 0.3) is 0 Å². The zero-order valence-electron chi connectivity index (χ0n) is 10.5. The van der Waals surface area contributed by atoms with Gasteiger partial charge in [-0.15, -0.1) is 0 Å². The predicted molar refractivity (Wildman–Crippen MR) is 72.5 cm³/mol. The average molecular weight is 331 g/mol. The van der Waals surface area contributed by atoms with Crippen LogP contribution >= 0.6 is 11.6 Å². The summed E-state index contributed by atoms with van der Waals surface area (Å²) in [6, 6.07) is 3.26. The summed E-state index contributed by atoms with van der Waals surface area (Å²) in [5.41, 5.74) is -0.429. The number of benzene rings is 1. The van der Waals surface area contributed by atoms with Crippen molar-refractivity contribution >= 4 is 27.4 Å². The third-order valence-corrected chi connectivity index (χ3v) is 3.69. The first-order chi connectivity index (χ1) is 9.70. The number of nitrogens with zero attached hydrogens (tertiary/aromatic N) is 2. The summed E-state index contributed by atoms with van der Waals surface area (Å²) in [5.74, 6) is -1.97. The van der Waals surface area contributed by atoms with Gasteiger partial charge in [0.05, 0.1) is 10.7 Å². The van der Waals surface area contributed by atoms with Gasteiger partial charge in [0.2, 0.25) is 15.0 Å². The highest BCUT2D eigenvalue weighted by atomic mass is 35.5. The molecule has 1 aromatic carbocycles. The molecule has 0 saturated heterocycles. The van der Waals surface area contributed by atoms with Gasteiger partial charge in [-0.25, -0.2) is 27.6 Å². The Bertz CT molecular complexity index is 839. The second kappa shape index (κ2) is 5.38. The molecule has 0 radical (unpaired) electrons. The van der Waals surface area contributed by atoms with Crippen LogP contribution in [0.15, 0.2) is 29.6 Å². The number of carboxylic acids is 1. The fraction of sp³-hybridized carbons (Fsp3) is 0.0833. The van der Waals surface area contributed by atoms with E-state index < -0.39 is 26.8 Å². The van der Waals surface area contributed by atoms with E-state index in [2.05, 4.69) is 9.97 Å². The van der Waals surface area contributed by atoms with Gasteiger partial charge in [-0.2, -0.15) is 0 Å². The second-order valence-electron chi connectivity index (χ2n) is 4.12. The molecule has 0 fully saturated rings. The van der Waals surface area contributed by atoms with Crippen molar-refractivity contribution in [3.8, 4) is 11.3 Å². The lowest BCUT2D eigenvalue weighted by atomic mass is 10.1. The molecule has 0 bridgehead atoms. The number of hydrogen-bond donors (Lipinski definition) is 1. The van der Waals surface area contributed by atoms with Gasteiger partial charge >= 0.3 is 5.97 Å². The topological polar surface area (TPSA) is 97.2 Å². The number of sulfone groups is 1. The number of halogens is 2. The molecule has 1 heterocycles. The predicted octanol–water partition coefficient (Wildman–Crippen LogP) is 2.04. The van der Waals surface area contributed by atoms with Crippen LogP contribution in [0.4, 0.5) is 4.39 Å². The molecule has 0 atom stereocenters. The lowest BCUT2D eigenvalue weighted by Crippen LogP contribution is -2.10. The Morgan fingerprint density at radius 3 is 2.57 bits per heavy atom. The molecule has 0 spiro atoms. The van der Waals surface area contributed by atoms with Crippen LogP contribution in [0, 0.1) is 5.82 Å². The molecular formula is C12H8ClFN2O4S. The van der Waals surface area contributed by atoms with Crippen molar-refractivity contribution in [1.82, 2.24) is 9.97 Å². The molecule has 1 N–H and O–H groups in total. The van der Waals surface area contributed by atoms with E-state index >= 15 is 0 Å². The highest BCUT2D eigenvalue weighted by Gasteiger charge is 2.21. The number of aromatic nitrogens is 2. The molecular weight excluding hydrogens is 323 g/mol. The zero-order valence-corrected chi connectivity index (χ0v) is 12.1. The van der Waals surface area contributed by atoms with Crippen LogP contribution in [0.1, 0.15) is 10.4 Å². The quantitative estimate of drug-likeness (QED) is 0.865. The first kappa shape index (κ1) is 15.3. The largest absolute Gasteiger partial charge is 0.478 e. The Morgan fingerprint density at radius 1 is 1.38 bits per heavy atom. The Labute approximate surface area is 124 Å². The monoisotopic (exact) mass is 330 g/mol. The van der Waals surface area contributed by atoms with Crippen LogP contribution in [0.3, 0.4) is 0 Å². The van der Waals surface area contributed by atoms with E-state index in [-0.39, 0.29) is 21.8 Å². The minimum Gasteiger partial charge on any atom is -0.478 e. The van der Waals surface area contributed by atoms with Crippen LogP contribution < -0.4 is 0 Å². The van der Waals surface area contributed by atoms with Gasteiger partial charge in [-0.1, -0.05) is 11.6 Å². The summed E-state index contributed by atoms with van der Waals surface area (Å²) >= 11 is 5.86. The molecule has 21 heavy (non-hydrogen) atoms. The van der Waals surface area contributed by atoms with Crippen LogP contribution in [-0.4, -0.2) is 35.7 Å². The number of hydrogen-bond acceptors (Lipinski definition) is 5. The van der Waals surface area contributed by atoms with Crippen molar-refractivity contribution in [1.29, 1.82) is 0 Å². The smallest absolute Gasteiger partial charge is 0.339 e. The SMILES string of the molecule is CS(=O)(=O)c1ncc(C(=O)O)c(-c2ccc(F)cc2Cl)n1. The summed E-state index contributed by atoms with van der Waals surface area (Å²) in [7, 11) is -3.73. The van der Waals surface area contributed by atoms with Gasteiger partial charge in [-0.3, -0.25) is 0 Å². The minimum atomic E-state index is -3.73. The lowest BCUT2D eigenvalue weighted by Gasteiger charge is -2.08. The van der Waals surface area contributed by atoms with E-state index in [0.717, 1.165) is 24.6 Å². The molecule has 1 aromatic heterocycles. The number of aromatic carboxylic acids is 1. The van der Waals surface area contributed by atoms with Gasteiger partial charge in [0.15, 0.2) is 0 Å². The summed E-state index contributed by atoms with van der Waals surface area (Å²) < 4.78 is 36.0. The molecule has 0 saturated carbocycles. The Morgan fingerprint density at radius 2 is 2.05 bits per heavy atom. The van der Waals surface area contributed by atoms with Crippen LogP contribution in [-0.2, 0) is 9.84 Å². The highest BCUT2D eigenvalue weighted by Crippen LogP contribution is 2.30. The maximum absolute atomic E-state index is 13.1. The van der Waals surface area contributed by atoms with Crippen molar-refractivity contribution < 1.29 is 22.7 Å². The number of carbonyl (C=O) groups is 1. The molecule has 0 aliphatic rings. The van der Waals surface area contributed by atoms with E-state index in [1.165, 1.54) is 6.07 Å². The van der Waals surface area contributed by atoms with Gasteiger partial charge in [-0.05, 0) is 18.2 Å². The van der Waals surface area contributed by atoms with E-state index in [1.54, 1.807) is 0 Å². The van der Waals surface area contributed by atoms with Gasteiger partial charge in [0, 0.05) is 18.0 Å². The average Bonchev–Trinajstić information content (AvgIpc) is 2.37. The fourth-order valence-corrected chi connectivity index (χ4v) is 2.35. The summed E-state index contributed by atoms with van der Waals surface area (Å²) in [6.07, 6.45) is 1.76. The first-order valence-electron chi connectivity index (χ1n) is 5.46. The summed E-state index contributed by atoms with van der Waals surface area (Å²) in [5, 5.41) is 8.49. The number of rotatable bonds is 3. The number of carboxylic acid groups (broad SMARTS) is 1. The van der Waals surface area contributed by atoms with Crippen molar-refractivity contribution in [2.24, 2.45) is 0 Å². The molecule has 0 unspecified atom stereocenters. The Balaban J connectivity index is 2.78. The van der Waals surface area contributed by atoms with E-state index in [0.29, 0.717) is 0 Å². The Hall–Kier alpha value is -2.06. The van der Waals surface area contributed by atoms with Crippen molar-refractivity contribution in [2.75, 3.05) is 6.26 Å². The normalized spacial score (nSPS) is 11.4. The minimum absolute atomic E-state index is 0.0874. The molecule has 110 valence electrons. The van der Waals surface area contributed by atoms with Gasteiger partial charge in [0.1, 0.15) is 11.4 Å². The van der Waals surface area contributed by atoms with E-state index in [9.17, 15) is 17.6 Å². The van der Waals surface area contributed by atoms with Crippen LogP contribution in [0.2, 0.25) is 5.02 Å². The van der Waals surface area contributed by atoms with E-state index in [4.69, 9.17) is 16.7 Å².